The second-order valence-electron chi connectivity index (χ2n) is 1.92. The molecule has 1 aromatic heterocycles. The highest BCUT2D eigenvalue weighted by atomic mass is 16.3. The first-order valence-electron chi connectivity index (χ1n) is 3.01. The molecule has 0 spiro atoms. The number of nitrogens with zero attached hydrogens (tertiary/aromatic N) is 1. The summed E-state index contributed by atoms with van der Waals surface area (Å²) in [6.07, 6.45) is 4.37. The van der Waals surface area contributed by atoms with Gasteiger partial charge in [-0.3, -0.25) is 0 Å². The summed E-state index contributed by atoms with van der Waals surface area (Å²) in [5.41, 5.74) is 1.01. The largest absolute Gasteiger partial charge is 0.459 e. The number of furan rings is 1. The average molecular weight is 124 g/mol. The topological polar surface area (TPSA) is 16.4 Å². The van der Waals surface area contributed by atoms with E-state index in [4.69, 9.17) is 4.42 Å². The van der Waals surface area contributed by atoms with Crippen molar-refractivity contribution in [1.29, 1.82) is 0 Å². The molecule has 0 amide bonds. The maximum absolute atomic E-state index is 4.77. The minimum absolute atomic E-state index is 0.982. The number of anilines is 1. The maximum atomic E-state index is 4.77. The molecule has 0 unspecified atom stereocenters. The fourth-order valence-corrected chi connectivity index (χ4v) is 0.602. The van der Waals surface area contributed by atoms with E-state index in [0.717, 1.165) is 12.2 Å². The quantitative estimate of drug-likeness (QED) is 0.594. The van der Waals surface area contributed by atoms with Crippen molar-refractivity contribution >= 4 is 5.69 Å². The summed E-state index contributed by atoms with van der Waals surface area (Å²) in [7, 11) is 2.00. The van der Waals surface area contributed by atoms with Gasteiger partial charge in [-0.1, -0.05) is 0 Å². The molecule has 0 saturated carbocycles. The normalized spacial score (nSPS) is 9.56. The van der Waals surface area contributed by atoms with Crippen LogP contribution in [0, 0.1) is 6.26 Å². The molecule has 0 atom stereocenters. The highest BCUT2D eigenvalue weighted by Gasteiger charge is 1.97. The molecule has 2 heteroatoms. The van der Waals surface area contributed by atoms with Crippen molar-refractivity contribution in [3.8, 4) is 0 Å². The van der Waals surface area contributed by atoms with Crippen LogP contribution in [0.3, 0.4) is 0 Å². The molecule has 1 rings (SSSR count). The Morgan fingerprint density at radius 1 is 1.78 bits per heavy atom. The minimum Gasteiger partial charge on any atom is -0.459 e. The first kappa shape index (κ1) is 6.20. The summed E-state index contributed by atoms with van der Waals surface area (Å²) in [5.74, 6) is 0. The lowest BCUT2D eigenvalue weighted by Gasteiger charge is -2.11. The molecule has 0 saturated heterocycles. The summed E-state index contributed by atoms with van der Waals surface area (Å²) >= 11 is 0. The predicted octanol–water partition coefficient (Wildman–Crippen LogP) is 1.54. The molecule has 1 radical (unpaired) electrons. The smallest absolute Gasteiger partial charge is 0.194 e. The van der Waals surface area contributed by atoms with Gasteiger partial charge >= 0.3 is 0 Å². The van der Waals surface area contributed by atoms with E-state index < -0.39 is 0 Å². The molecule has 0 aliphatic carbocycles. The lowest BCUT2D eigenvalue weighted by Crippen LogP contribution is -2.14. The summed E-state index contributed by atoms with van der Waals surface area (Å²) in [4.78, 5) is 2.06. The second kappa shape index (κ2) is 2.58. The Hall–Kier alpha value is -0.920. The number of hydrogen-bond donors (Lipinski definition) is 0. The first-order chi connectivity index (χ1) is 4.34. The Bertz CT molecular complexity index is 157. The third-order valence-electron chi connectivity index (χ3n) is 1.34. The first-order valence-corrected chi connectivity index (χ1v) is 3.01. The zero-order chi connectivity index (χ0) is 6.69. The van der Waals surface area contributed by atoms with E-state index in [1.807, 2.05) is 13.1 Å². The van der Waals surface area contributed by atoms with E-state index in [9.17, 15) is 0 Å². The van der Waals surface area contributed by atoms with Crippen molar-refractivity contribution in [1.82, 2.24) is 0 Å². The predicted molar refractivity (Wildman–Crippen MR) is 36.5 cm³/mol. The van der Waals surface area contributed by atoms with Gasteiger partial charge in [-0.05, 0) is 6.92 Å². The van der Waals surface area contributed by atoms with Gasteiger partial charge in [0.05, 0.1) is 12.0 Å². The molecule has 49 valence electrons. The van der Waals surface area contributed by atoms with E-state index in [1.165, 1.54) is 0 Å². The molecule has 0 aromatic carbocycles. The Morgan fingerprint density at radius 3 is 3.00 bits per heavy atom. The van der Waals surface area contributed by atoms with Gasteiger partial charge in [0.15, 0.2) is 6.26 Å². The fourth-order valence-electron chi connectivity index (χ4n) is 0.602. The fraction of sp³-hybridized carbons (Fsp3) is 0.429. The summed E-state index contributed by atoms with van der Waals surface area (Å²) in [5, 5.41) is 0. The van der Waals surface area contributed by atoms with Crippen molar-refractivity contribution in [2.75, 3.05) is 18.5 Å². The molecule has 0 fully saturated rings. The van der Waals surface area contributed by atoms with Crippen LogP contribution in [0.15, 0.2) is 16.7 Å². The number of rotatable bonds is 2. The molecule has 2 nitrogen and oxygen atoms in total. The lowest BCUT2D eigenvalue weighted by molar-refractivity contribution is 0.558. The zero-order valence-electron chi connectivity index (χ0n) is 5.72. The summed E-state index contributed by atoms with van der Waals surface area (Å²) in [6.45, 7) is 3.07. The van der Waals surface area contributed by atoms with Crippen LogP contribution < -0.4 is 4.90 Å². The van der Waals surface area contributed by atoms with E-state index in [2.05, 4.69) is 18.1 Å². The van der Waals surface area contributed by atoms with Crippen LogP contribution in [0.5, 0.6) is 0 Å². The Labute approximate surface area is 55.1 Å². The molecule has 1 aromatic rings. The average Bonchev–Trinajstić information content (AvgIpc) is 2.37. The van der Waals surface area contributed by atoms with Gasteiger partial charge in [-0.2, -0.15) is 0 Å². The molecule has 0 bridgehead atoms. The van der Waals surface area contributed by atoms with E-state index in [0.29, 0.717) is 0 Å². The van der Waals surface area contributed by atoms with Crippen LogP contribution >= 0.6 is 0 Å². The molecule has 0 N–H and O–H groups in total. The van der Waals surface area contributed by atoms with Gasteiger partial charge in [0, 0.05) is 19.7 Å². The monoisotopic (exact) mass is 124 g/mol. The van der Waals surface area contributed by atoms with Crippen LogP contribution in [-0.2, 0) is 0 Å². The Balaban J connectivity index is 2.65. The summed E-state index contributed by atoms with van der Waals surface area (Å²) < 4.78 is 4.77. The van der Waals surface area contributed by atoms with Crippen LogP contribution in [-0.4, -0.2) is 13.6 Å². The van der Waals surface area contributed by atoms with Gasteiger partial charge in [0.2, 0.25) is 0 Å². The van der Waals surface area contributed by atoms with Gasteiger partial charge in [0.25, 0.3) is 0 Å². The van der Waals surface area contributed by atoms with Gasteiger partial charge in [0.1, 0.15) is 0 Å². The van der Waals surface area contributed by atoms with Crippen molar-refractivity contribution in [3.63, 3.8) is 0 Å². The van der Waals surface area contributed by atoms with Crippen molar-refractivity contribution in [2.45, 2.75) is 6.92 Å². The Kier molecular flexibility index (Phi) is 1.78. The molecule has 9 heavy (non-hydrogen) atoms. The van der Waals surface area contributed by atoms with E-state index >= 15 is 0 Å². The highest BCUT2D eigenvalue weighted by Crippen LogP contribution is 2.09. The molecular weight excluding hydrogens is 114 g/mol. The molecule has 0 aliphatic rings. The molecular formula is C7H10NO. The van der Waals surface area contributed by atoms with Gasteiger partial charge in [-0.25, -0.2) is 0 Å². The van der Waals surface area contributed by atoms with E-state index in [-0.39, 0.29) is 0 Å². The van der Waals surface area contributed by atoms with Crippen LogP contribution in [0.1, 0.15) is 6.92 Å². The van der Waals surface area contributed by atoms with Crippen molar-refractivity contribution in [2.24, 2.45) is 0 Å². The maximum Gasteiger partial charge on any atom is 0.194 e. The Morgan fingerprint density at radius 2 is 2.56 bits per heavy atom. The van der Waals surface area contributed by atoms with Crippen LogP contribution in [0.4, 0.5) is 5.69 Å². The lowest BCUT2D eigenvalue weighted by atomic mass is 10.4. The zero-order valence-corrected chi connectivity index (χ0v) is 5.72. The third-order valence-corrected chi connectivity index (χ3v) is 1.34. The molecule has 0 aliphatic heterocycles. The van der Waals surface area contributed by atoms with Gasteiger partial charge in [-0.15, -0.1) is 0 Å². The van der Waals surface area contributed by atoms with Gasteiger partial charge < -0.3 is 9.32 Å². The standard InChI is InChI=1S/C7H10NO/c1-3-8(2)7-4-5-9-6-7/h4-5H,3H2,1-2H3. The SMILES string of the molecule is CCN(C)c1[c]occ1. The second-order valence-corrected chi connectivity index (χ2v) is 1.92. The van der Waals surface area contributed by atoms with Crippen LogP contribution in [0.25, 0.3) is 0 Å². The van der Waals surface area contributed by atoms with E-state index in [1.54, 1.807) is 6.26 Å². The van der Waals surface area contributed by atoms with Crippen molar-refractivity contribution in [3.05, 3.63) is 18.6 Å². The van der Waals surface area contributed by atoms with Crippen molar-refractivity contribution < 1.29 is 4.42 Å². The summed E-state index contributed by atoms with van der Waals surface area (Å²) in [6, 6.07) is 1.89. The molecule has 1 heterocycles. The third kappa shape index (κ3) is 1.25. The minimum atomic E-state index is 0.982. The van der Waals surface area contributed by atoms with Crippen LogP contribution in [0.2, 0.25) is 0 Å². The highest BCUT2D eigenvalue weighted by molar-refractivity contribution is 5.40. The number of hydrogen-bond acceptors (Lipinski definition) is 2.